The maximum atomic E-state index is 12.6. The monoisotopic (exact) mass is 415 g/mol. The van der Waals surface area contributed by atoms with E-state index in [1.165, 1.54) is 11.3 Å². The van der Waals surface area contributed by atoms with E-state index in [2.05, 4.69) is 5.32 Å². The molecule has 1 aromatic rings. The molecule has 1 saturated heterocycles. The Hall–Kier alpha value is -0.895. The SMILES string of the molecule is CC(C)(C)C(=O)NCCCS(=O)(=O)c1ccc(B2OC(C)(C)C(C)(C)O2)s1. The molecule has 6 nitrogen and oxygen atoms in total. The summed E-state index contributed by atoms with van der Waals surface area (Å²) in [6.45, 7) is 13.7. The number of carbonyl (C=O) groups is 1. The third-order valence-corrected chi connectivity index (χ3v) is 8.44. The minimum Gasteiger partial charge on any atom is -0.399 e. The van der Waals surface area contributed by atoms with E-state index in [4.69, 9.17) is 9.31 Å². The van der Waals surface area contributed by atoms with Crippen molar-refractivity contribution in [1.82, 2.24) is 5.32 Å². The third-order valence-electron chi connectivity index (χ3n) is 4.95. The quantitative estimate of drug-likeness (QED) is 0.570. The molecule has 1 aromatic heterocycles. The lowest BCUT2D eigenvalue weighted by molar-refractivity contribution is -0.128. The largest absolute Gasteiger partial charge is 0.505 e. The smallest absolute Gasteiger partial charge is 0.399 e. The molecule has 0 unspecified atom stereocenters. The van der Waals surface area contributed by atoms with Gasteiger partial charge in [-0.1, -0.05) is 26.8 Å². The number of thiophene rings is 1. The van der Waals surface area contributed by atoms with Gasteiger partial charge in [-0.25, -0.2) is 8.42 Å². The Balaban J connectivity index is 1.96. The number of hydrogen-bond acceptors (Lipinski definition) is 6. The summed E-state index contributed by atoms with van der Waals surface area (Å²) in [4.78, 5) is 11.8. The summed E-state index contributed by atoms with van der Waals surface area (Å²) in [6.07, 6.45) is 0.369. The molecule has 0 aromatic carbocycles. The van der Waals surface area contributed by atoms with Crippen LogP contribution < -0.4 is 10.1 Å². The molecular weight excluding hydrogens is 385 g/mol. The van der Waals surface area contributed by atoms with E-state index in [0.717, 1.165) is 4.78 Å². The fourth-order valence-corrected chi connectivity index (χ4v) is 5.16. The van der Waals surface area contributed by atoms with Gasteiger partial charge in [0.25, 0.3) is 0 Å². The zero-order valence-corrected chi connectivity index (χ0v) is 18.8. The van der Waals surface area contributed by atoms with Crippen molar-refractivity contribution in [3.05, 3.63) is 12.1 Å². The average Bonchev–Trinajstić information content (AvgIpc) is 3.06. The molecule has 9 heteroatoms. The molecule has 0 saturated carbocycles. The van der Waals surface area contributed by atoms with Crippen molar-refractivity contribution in [1.29, 1.82) is 0 Å². The predicted molar refractivity (Wildman–Crippen MR) is 109 cm³/mol. The number of rotatable bonds is 6. The summed E-state index contributed by atoms with van der Waals surface area (Å²) in [5, 5.41) is 2.77. The lowest BCUT2D eigenvalue weighted by atomic mass is 9.88. The van der Waals surface area contributed by atoms with Crippen molar-refractivity contribution in [2.45, 2.75) is 70.3 Å². The molecular formula is C18H30BNO5S2. The predicted octanol–water partition coefficient (Wildman–Crippen LogP) is 2.37. The second-order valence-electron chi connectivity index (χ2n) is 8.92. The van der Waals surface area contributed by atoms with Crippen molar-refractivity contribution >= 4 is 39.0 Å². The average molecular weight is 415 g/mol. The first-order valence-electron chi connectivity index (χ1n) is 9.12. The van der Waals surface area contributed by atoms with Crippen LogP contribution in [-0.2, 0) is 23.9 Å². The molecule has 152 valence electrons. The van der Waals surface area contributed by atoms with Crippen LogP contribution in [0.15, 0.2) is 16.3 Å². The van der Waals surface area contributed by atoms with E-state index in [1.54, 1.807) is 12.1 Å². The first-order valence-corrected chi connectivity index (χ1v) is 11.6. The van der Waals surface area contributed by atoms with Crippen LogP contribution in [0, 0.1) is 5.41 Å². The van der Waals surface area contributed by atoms with Gasteiger partial charge in [0.15, 0.2) is 9.84 Å². The van der Waals surface area contributed by atoms with E-state index in [1.807, 2.05) is 48.5 Å². The maximum Gasteiger partial charge on any atom is 0.505 e. The molecule has 2 heterocycles. The molecule has 1 N–H and O–H groups in total. The van der Waals surface area contributed by atoms with Gasteiger partial charge in [-0.2, -0.15) is 0 Å². The topological polar surface area (TPSA) is 81.7 Å². The zero-order valence-electron chi connectivity index (χ0n) is 17.2. The highest BCUT2D eigenvalue weighted by atomic mass is 32.2. The van der Waals surface area contributed by atoms with Gasteiger partial charge in [-0.3, -0.25) is 4.79 Å². The van der Waals surface area contributed by atoms with Gasteiger partial charge >= 0.3 is 7.12 Å². The van der Waals surface area contributed by atoms with E-state index < -0.39 is 33.6 Å². The Morgan fingerprint density at radius 1 is 1.15 bits per heavy atom. The Kier molecular flexibility index (Phi) is 6.22. The molecule has 0 radical (unpaired) electrons. The molecule has 27 heavy (non-hydrogen) atoms. The summed E-state index contributed by atoms with van der Waals surface area (Å²) < 4.78 is 38.1. The number of carbonyl (C=O) groups excluding carboxylic acids is 1. The Morgan fingerprint density at radius 2 is 1.70 bits per heavy atom. The van der Waals surface area contributed by atoms with Crippen LogP contribution in [0.1, 0.15) is 54.9 Å². The van der Waals surface area contributed by atoms with Crippen LogP contribution in [0.4, 0.5) is 0 Å². The van der Waals surface area contributed by atoms with Crippen LogP contribution in [0.2, 0.25) is 0 Å². The highest BCUT2D eigenvalue weighted by Crippen LogP contribution is 2.37. The Labute approximate surface area is 167 Å². The number of nitrogens with one attached hydrogen (secondary N) is 1. The van der Waals surface area contributed by atoms with Crippen LogP contribution in [0.3, 0.4) is 0 Å². The highest BCUT2D eigenvalue weighted by molar-refractivity contribution is 7.93. The van der Waals surface area contributed by atoms with E-state index in [0.29, 0.717) is 17.2 Å². The van der Waals surface area contributed by atoms with Crippen LogP contribution in [-0.4, -0.2) is 44.9 Å². The molecule has 0 bridgehead atoms. The third kappa shape index (κ3) is 5.13. The first kappa shape index (κ1) is 22.4. The molecule has 0 aliphatic carbocycles. The Morgan fingerprint density at radius 3 is 2.22 bits per heavy atom. The minimum absolute atomic E-state index is 0.0132. The van der Waals surface area contributed by atoms with Gasteiger partial charge in [0.2, 0.25) is 5.91 Å². The molecule has 1 amide bonds. The number of hydrogen-bond donors (Lipinski definition) is 1. The molecule has 1 aliphatic heterocycles. The molecule has 2 rings (SSSR count). The van der Waals surface area contributed by atoms with Crippen LogP contribution >= 0.6 is 11.3 Å². The molecule has 1 fully saturated rings. The zero-order chi connectivity index (χ0) is 20.7. The normalized spacial score (nSPS) is 19.3. The van der Waals surface area contributed by atoms with Crippen molar-refractivity contribution < 1.29 is 22.5 Å². The molecule has 0 atom stereocenters. The maximum absolute atomic E-state index is 12.6. The van der Waals surface area contributed by atoms with Gasteiger partial charge in [0.1, 0.15) is 4.21 Å². The fourth-order valence-electron chi connectivity index (χ4n) is 2.42. The van der Waals surface area contributed by atoms with Crippen molar-refractivity contribution in [3.8, 4) is 0 Å². The fraction of sp³-hybridized carbons (Fsp3) is 0.722. The second-order valence-corrected chi connectivity index (χ2v) is 12.4. The highest BCUT2D eigenvalue weighted by Gasteiger charge is 2.52. The lowest BCUT2D eigenvalue weighted by Gasteiger charge is -2.32. The Bertz CT molecular complexity index is 777. The van der Waals surface area contributed by atoms with Gasteiger partial charge in [0, 0.05) is 16.7 Å². The standard InChI is InChI=1S/C18H30BNO5S2/c1-16(2,3)15(21)20-11-8-12-27(22,23)14-10-9-13(26-14)19-24-17(4,5)18(6,7)25-19/h9-10H,8,11-12H2,1-7H3,(H,20,21). The summed E-state index contributed by atoms with van der Waals surface area (Å²) >= 11 is 1.18. The first-order chi connectivity index (χ1) is 12.2. The van der Waals surface area contributed by atoms with Gasteiger partial charge in [-0.05, 0) is 40.2 Å². The number of amides is 1. The summed E-state index contributed by atoms with van der Waals surface area (Å²) in [5.74, 6) is -0.0973. The van der Waals surface area contributed by atoms with E-state index in [-0.39, 0.29) is 11.7 Å². The van der Waals surface area contributed by atoms with Crippen molar-refractivity contribution in [3.63, 3.8) is 0 Å². The van der Waals surface area contributed by atoms with Gasteiger partial charge < -0.3 is 14.6 Å². The minimum atomic E-state index is -3.40. The molecule has 0 spiro atoms. The van der Waals surface area contributed by atoms with Gasteiger partial charge in [0.05, 0.1) is 17.0 Å². The lowest BCUT2D eigenvalue weighted by Crippen LogP contribution is -2.41. The molecule has 1 aliphatic rings. The summed E-state index contributed by atoms with van der Waals surface area (Å²) in [6, 6.07) is 3.36. The van der Waals surface area contributed by atoms with Crippen molar-refractivity contribution in [2.75, 3.05) is 12.3 Å². The van der Waals surface area contributed by atoms with E-state index >= 15 is 0 Å². The van der Waals surface area contributed by atoms with E-state index in [9.17, 15) is 13.2 Å². The summed E-state index contributed by atoms with van der Waals surface area (Å²) in [5.41, 5.74) is -1.41. The second kappa shape index (κ2) is 7.50. The summed E-state index contributed by atoms with van der Waals surface area (Å²) in [7, 11) is -3.96. The van der Waals surface area contributed by atoms with Crippen LogP contribution in [0.5, 0.6) is 0 Å². The number of sulfone groups is 1. The van der Waals surface area contributed by atoms with Crippen LogP contribution in [0.25, 0.3) is 0 Å². The van der Waals surface area contributed by atoms with Crippen molar-refractivity contribution in [2.24, 2.45) is 5.41 Å². The van der Waals surface area contributed by atoms with Gasteiger partial charge in [-0.15, -0.1) is 11.3 Å².